The smallest absolute Gasteiger partial charge is 0.324 e. The van der Waals surface area contributed by atoms with E-state index in [0.717, 1.165) is 32.1 Å². The average molecular weight is 345 g/mol. The Hall–Kier alpha value is -0.340. The van der Waals surface area contributed by atoms with E-state index in [1.807, 2.05) is 0 Å². The summed E-state index contributed by atoms with van der Waals surface area (Å²) in [5.74, 6) is 0.900. The summed E-state index contributed by atoms with van der Waals surface area (Å²) in [5, 5.41) is 23.1. The Balaban J connectivity index is 1.63. The van der Waals surface area contributed by atoms with Crippen molar-refractivity contribution >= 4 is 18.0 Å². The second-order valence-corrected chi connectivity index (χ2v) is 9.75. The van der Waals surface area contributed by atoms with E-state index in [-0.39, 0.29) is 17.4 Å². The molecule has 4 saturated carbocycles. The highest BCUT2D eigenvalue weighted by molar-refractivity contribution is 7.96. The molecule has 2 unspecified atom stereocenters. The number of rotatable bonds is 7. The van der Waals surface area contributed by atoms with E-state index in [2.05, 4.69) is 9.37 Å². The average Bonchev–Trinajstić information content (AvgIpc) is 2.49. The second-order valence-electron chi connectivity index (χ2n) is 8.42. The highest BCUT2D eigenvalue weighted by Gasteiger charge is 2.58. The molecule has 6 nitrogen and oxygen atoms in total. The largest absolute Gasteiger partial charge is 0.691 e. The van der Waals surface area contributed by atoms with E-state index in [1.54, 1.807) is 13.8 Å². The van der Waals surface area contributed by atoms with Crippen LogP contribution in [0.15, 0.2) is 0 Å². The SMILES string of the molecule is CC(C)(SOO[O-])C(=O)OCC12CC3CC(CC(CO)(C3)C1)C2. The summed E-state index contributed by atoms with van der Waals surface area (Å²) >= 11 is 0.658. The van der Waals surface area contributed by atoms with Gasteiger partial charge < -0.3 is 15.1 Å². The minimum atomic E-state index is -0.999. The fourth-order valence-corrected chi connectivity index (χ4v) is 5.85. The number of ether oxygens (including phenoxy) is 1. The van der Waals surface area contributed by atoms with Crippen molar-refractivity contribution in [2.75, 3.05) is 13.2 Å². The first-order valence-corrected chi connectivity index (χ1v) is 8.99. The number of aliphatic hydroxyl groups excluding tert-OH is 1. The molecular formula is C16H25O6S-. The van der Waals surface area contributed by atoms with E-state index in [9.17, 15) is 15.2 Å². The van der Waals surface area contributed by atoms with Crippen LogP contribution in [0.4, 0.5) is 0 Å². The molecule has 4 fully saturated rings. The van der Waals surface area contributed by atoms with Gasteiger partial charge in [-0.05, 0) is 69.6 Å². The summed E-state index contributed by atoms with van der Waals surface area (Å²) in [6.07, 6.45) is 6.62. The van der Waals surface area contributed by atoms with E-state index in [0.29, 0.717) is 30.5 Å². The Morgan fingerprint density at radius 3 is 2.43 bits per heavy atom. The van der Waals surface area contributed by atoms with Gasteiger partial charge in [0.15, 0.2) is 0 Å². The van der Waals surface area contributed by atoms with Gasteiger partial charge in [-0.25, -0.2) is 0 Å². The van der Waals surface area contributed by atoms with Crippen molar-refractivity contribution in [1.82, 2.24) is 0 Å². The van der Waals surface area contributed by atoms with Gasteiger partial charge in [0, 0.05) is 24.1 Å². The molecule has 4 aliphatic rings. The van der Waals surface area contributed by atoms with Crippen LogP contribution < -0.4 is 5.26 Å². The van der Waals surface area contributed by atoms with Crippen LogP contribution >= 0.6 is 12.0 Å². The molecule has 1 N–H and O–H groups in total. The Bertz CT molecular complexity index is 451. The third-order valence-electron chi connectivity index (χ3n) is 5.91. The molecule has 0 heterocycles. The molecule has 4 rings (SSSR count). The lowest BCUT2D eigenvalue weighted by Crippen LogP contribution is -2.55. The summed E-state index contributed by atoms with van der Waals surface area (Å²) < 4.78 is 8.88. The van der Waals surface area contributed by atoms with Crippen molar-refractivity contribution in [2.45, 2.75) is 57.1 Å². The van der Waals surface area contributed by atoms with Gasteiger partial charge in [-0.15, -0.1) is 0 Å². The van der Waals surface area contributed by atoms with Crippen LogP contribution in [-0.4, -0.2) is 29.0 Å². The zero-order valence-corrected chi connectivity index (χ0v) is 14.5. The van der Waals surface area contributed by atoms with Crippen molar-refractivity contribution in [3.8, 4) is 0 Å². The highest BCUT2D eigenvalue weighted by Crippen LogP contribution is 2.65. The maximum absolute atomic E-state index is 12.3. The molecule has 0 radical (unpaired) electrons. The normalized spacial score (nSPS) is 38.8. The third kappa shape index (κ3) is 3.39. The van der Waals surface area contributed by atoms with Gasteiger partial charge in [0.05, 0.1) is 6.61 Å². The molecular weight excluding hydrogens is 320 g/mol. The van der Waals surface area contributed by atoms with Crippen molar-refractivity contribution < 1.29 is 29.3 Å². The molecule has 0 aromatic rings. The van der Waals surface area contributed by atoms with Crippen LogP contribution in [0, 0.1) is 22.7 Å². The number of aliphatic hydroxyl groups is 1. The van der Waals surface area contributed by atoms with E-state index >= 15 is 0 Å². The maximum atomic E-state index is 12.3. The molecule has 4 aliphatic carbocycles. The third-order valence-corrected chi connectivity index (χ3v) is 6.62. The number of hydrogen-bond acceptors (Lipinski definition) is 7. The van der Waals surface area contributed by atoms with Crippen LogP contribution in [0.5, 0.6) is 0 Å². The molecule has 0 aliphatic heterocycles. The van der Waals surface area contributed by atoms with Crippen LogP contribution in [-0.2, 0) is 18.9 Å². The van der Waals surface area contributed by atoms with Gasteiger partial charge in [0.25, 0.3) is 0 Å². The van der Waals surface area contributed by atoms with Gasteiger partial charge in [-0.1, -0.05) is 0 Å². The predicted molar refractivity (Wildman–Crippen MR) is 81.4 cm³/mol. The van der Waals surface area contributed by atoms with Gasteiger partial charge in [-0.2, -0.15) is 4.33 Å². The topological polar surface area (TPSA) is 88.0 Å². The summed E-state index contributed by atoms with van der Waals surface area (Å²) in [7, 11) is 0. The van der Waals surface area contributed by atoms with E-state index < -0.39 is 10.7 Å². The van der Waals surface area contributed by atoms with Gasteiger partial charge in [0.2, 0.25) is 0 Å². The van der Waals surface area contributed by atoms with Crippen LogP contribution in [0.25, 0.3) is 0 Å². The first-order chi connectivity index (χ1) is 10.8. The standard InChI is InChI=1S/C16H26O6S/c1-14(2,23-22-21-19)13(18)20-10-16-6-11-3-12(7-16)5-15(4-11,8-16)9-17/h11-12,17,19H,3-10H2,1-2H3/p-1. The monoisotopic (exact) mass is 345 g/mol. The molecule has 0 aromatic heterocycles. The van der Waals surface area contributed by atoms with Gasteiger partial charge in [0.1, 0.15) is 4.75 Å². The molecule has 0 saturated heterocycles. The van der Waals surface area contributed by atoms with Gasteiger partial charge in [-0.3, -0.25) is 9.83 Å². The Morgan fingerprint density at radius 1 is 1.26 bits per heavy atom. The number of hydrogen-bond donors (Lipinski definition) is 1. The quantitative estimate of drug-likeness (QED) is 0.325. The molecule has 7 heteroatoms. The van der Waals surface area contributed by atoms with Gasteiger partial charge >= 0.3 is 5.97 Å². The zero-order chi connectivity index (χ0) is 16.7. The van der Waals surface area contributed by atoms with E-state index in [1.165, 1.54) is 6.42 Å². The number of carbonyl (C=O) groups is 1. The Kier molecular flexibility index (Phi) is 4.70. The molecule has 2 atom stereocenters. The van der Waals surface area contributed by atoms with E-state index in [4.69, 9.17) is 4.74 Å². The molecule has 132 valence electrons. The molecule has 4 bridgehead atoms. The highest BCUT2D eigenvalue weighted by atomic mass is 32.2. The zero-order valence-electron chi connectivity index (χ0n) is 13.7. The summed E-state index contributed by atoms with van der Waals surface area (Å²) in [6, 6.07) is 0. The van der Waals surface area contributed by atoms with Crippen molar-refractivity contribution in [1.29, 1.82) is 0 Å². The molecule has 23 heavy (non-hydrogen) atoms. The molecule has 0 aromatic carbocycles. The second kappa shape index (κ2) is 6.19. The fourth-order valence-electron chi connectivity index (χ4n) is 5.53. The van der Waals surface area contributed by atoms with Crippen molar-refractivity contribution in [3.05, 3.63) is 0 Å². The Labute approximate surface area is 140 Å². The first-order valence-electron chi connectivity index (χ1n) is 8.25. The fraction of sp³-hybridized carbons (Fsp3) is 0.938. The molecule has 0 amide bonds. The summed E-state index contributed by atoms with van der Waals surface area (Å²) in [5.41, 5.74) is 0.0549. The predicted octanol–water partition coefficient (Wildman–Crippen LogP) is 1.76. The Morgan fingerprint density at radius 2 is 1.87 bits per heavy atom. The lowest BCUT2D eigenvalue weighted by molar-refractivity contribution is -0.777. The lowest BCUT2D eigenvalue weighted by atomic mass is 9.44. The minimum absolute atomic E-state index is 0.0130. The lowest BCUT2D eigenvalue weighted by Gasteiger charge is -2.61. The first kappa shape index (κ1) is 17.5. The summed E-state index contributed by atoms with van der Waals surface area (Å²) in [6.45, 7) is 3.90. The van der Waals surface area contributed by atoms with Crippen LogP contribution in [0.3, 0.4) is 0 Å². The van der Waals surface area contributed by atoms with Crippen molar-refractivity contribution in [3.63, 3.8) is 0 Å². The van der Waals surface area contributed by atoms with Crippen LogP contribution in [0.2, 0.25) is 0 Å². The minimum Gasteiger partial charge on any atom is -0.691 e. The summed E-state index contributed by atoms with van der Waals surface area (Å²) in [4.78, 5) is 12.3. The van der Waals surface area contributed by atoms with Crippen molar-refractivity contribution in [2.24, 2.45) is 22.7 Å². The van der Waals surface area contributed by atoms with Crippen LogP contribution in [0.1, 0.15) is 52.4 Å². The maximum Gasteiger partial charge on any atom is 0.324 e. The molecule has 0 spiro atoms. The number of esters is 1. The number of carbonyl (C=O) groups excluding carboxylic acids is 1.